The topological polar surface area (TPSA) is 15.3 Å². The van der Waals surface area contributed by atoms with Crippen molar-refractivity contribution in [1.82, 2.24) is 10.2 Å². The summed E-state index contributed by atoms with van der Waals surface area (Å²) in [6, 6.07) is 0.788. The van der Waals surface area contributed by atoms with Crippen LogP contribution in [0.25, 0.3) is 0 Å². The van der Waals surface area contributed by atoms with E-state index in [0.29, 0.717) is 0 Å². The summed E-state index contributed by atoms with van der Waals surface area (Å²) in [7, 11) is 0. The average Bonchev–Trinajstić information content (AvgIpc) is 2.30. The van der Waals surface area contributed by atoms with Gasteiger partial charge in [0.2, 0.25) is 0 Å². The molecule has 1 fully saturated rings. The van der Waals surface area contributed by atoms with Crippen molar-refractivity contribution in [1.29, 1.82) is 0 Å². The molecule has 0 spiro atoms. The summed E-state index contributed by atoms with van der Waals surface area (Å²) in [6.07, 6.45) is 5.60. The highest BCUT2D eigenvalue weighted by Gasteiger charge is 2.17. The summed E-state index contributed by atoms with van der Waals surface area (Å²) in [5.74, 6) is 2.50. The molecular weight excluding hydrogens is 232 g/mol. The molecule has 0 saturated heterocycles. The molecule has 0 radical (unpaired) electrons. The summed E-state index contributed by atoms with van der Waals surface area (Å²) < 4.78 is 0. The maximum absolute atomic E-state index is 3.78. The van der Waals surface area contributed by atoms with E-state index in [1.807, 2.05) is 0 Å². The molecule has 1 rings (SSSR count). The van der Waals surface area contributed by atoms with Crippen LogP contribution in [0.2, 0.25) is 0 Å². The Morgan fingerprint density at radius 1 is 0.947 bits per heavy atom. The zero-order valence-corrected chi connectivity index (χ0v) is 13.9. The first-order chi connectivity index (χ1) is 8.97. The lowest BCUT2D eigenvalue weighted by Gasteiger charge is -2.30. The molecule has 1 saturated carbocycles. The van der Waals surface area contributed by atoms with Gasteiger partial charge in [0.1, 0.15) is 0 Å². The minimum absolute atomic E-state index is 0.772. The number of rotatable bonds is 8. The summed E-state index contributed by atoms with van der Waals surface area (Å²) in [5, 5.41) is 3.78. The van der Waals surface area contributed by atoms with E-state index >= 15 is 0 Å². The molecule has 0 atom stereocenters. The van der Waals surface area contributed by atoms with Crippen molar-refractivity contribution in [2.24, 2.45) is 17.8 Å². The zero-order chi connectivity index (χ0) is 14.3. The van der Waals surface area contributed by atoms with Crippen molar-refractivity contribution in [3.63, 3.8) is 0 Å². The molecule has 0 amide bonds. The Labute approximate surface area is 121 Å². The molecule has 0 unspecified atom stereocenters. The maximum Gasteiger partial charge on any atom is 0.0107 e. The van der Waals surface area contributed by atoms with Crippen molar-refractivity contribution in [2.45, 2.75) is 66.3 Å². The van der Waals surface area contributed by atoms with Crippen LogP contribution in [0.1, 0.15) is 60.3 Å². The monoisotopic (exact) mass is 268 g/mol. The van der Waals surface area contributed by atoms with Gasteiger partial charge in [0, 0.05) is 32.2 Å². The summed E-state index contributed by atoms with van der Waals surface area (Å²) in [5.41, 5.74) is 0. The van der Waals surface area contributed by atoms with E-state index in [1.165, 1.54) is 51.9 Å². The van der Waals surface area contributed by atoms with Crippen LogP contribution in [0.4, 0.5) is 0 Å². The van der Waals surface area contributed by atoms with Gasteiger partial charge in [0.25, 0.3) is 0 Å². The van der Waals surface area contributed by atoms with Crippen LogP contribution in [0.3, 0.4) is 0 Å². The highest BCUT2D eigenvalue weighted by molar-refractivity contribution is 4.76. The number of hydrogen-bond donors (Lipinski definition) is 1. The van der Waals surface area contributed by atoms with Crippen molar-refractivity contribution >= 4 is 0 Å². The molecule has 19 heavy (non-hydrogen) atoms. The Morgan fingerprint density at radius 2 is 1.47 bits per heavy atom. The third-order valence-corrected chi connectivity index (χ3v) is 4.12. The van der Waals surface area contributed by atoms with E-state index in [2.05, 4.69) is 44.8 Å². The number of hydrogen-bond acceptors (Lipinski definition) is 2. The van der Waals surface area contributed by atoms with Crippen LogP contribution in [0, 0.1) is 17.8 Å². The molecule has 0 bridgehead atoms. The largest absolute Gasteiger partial charge is 0.313 e. The first kappa shape index (κ1) is 17.0. The molecule has 0 aromatic heterocycles. The quantitative estimate of drug-likeness (QED) is 0.721. The maximum atomic E-state index is 3.78. The Balaban J connectivity index is 2.19. The molecule has 0 aromatic carbocycles. The SMILES string of the molecule is CC(C)CN(CCNC1CCC(C)CC1)CC(C)C. The van der Waals surface area contributed by atoms with Crippen LogP contribution in [0.15, 0.2) is 0 Å². The molecule has 2 heteroatoms. The lowest BCUT2D eigenvalue weighted by Crippen LogP contribution is -2.41. The van der Waals surface area contributed by atoms with Crippen molar-refractivity contribution < 1.29 is 0 Å². The van der Waals surface area contributed by atoms with E-state index in [-0.39, 0.29) is 0 Å². The predicted molar refractivity (Wildman–Crippen MR) is 85.5 cm³/mol. The lowest BCUT2D eigenvalue weighted by atomic mass is 9.87. The van der Waals surface area contributed by atoms with Crippen molar-refractivity contribution in [3.05, 3.63) is 0 Å². The average molecular weight is 268 g/mol. The second kappa shape index (κ2) is 8.97. The van der Waals surface area contributed by atoms with Gasteiger partial charge in [-0.3, -0.25) is 0 Å². The van der Waals surface area contributed by atoms with Crippen molar-refractivity contribution in [2.75, 3.05) is 26.2 Å². The fourth-order valence-corrected chi connectivity index (χ4v) is 3.18. The highest BCUT2D eigenvalue weighted by Crippen LogP contribution is 2.23. The molecule has 1 N–H and O–H groups in total. The summed E-state index contributed by atoms with van der Waals surface area (Å²) >= 11 is 0. The molecule has 0 aliphatic heterocycles. The van der Waals surface area contributed by atoms with Gasteiger partial charge in [-0.25, -0.2) is 0 Å². The van der Waals surface area contributed by atoms with Gasteiger partial charge in [-0.1, -0.05) is 34.6 Å². The Morgan fingerprint density at radius 3 is 1.95 bits per heavy atom. The van der Waals surface area contributed by atoms with Crippen LogP contribution in [-0.4, -0.2) is 37.1 Å². The molecule has 0 heterocycles. The molecule has 1 aliphatic carbocycles. The van der Waals surface area contributed by atoms with Gasteiger partial charge in [-0.15, -0.1) is 0 Å². The van der Waals surface area contributed by atoms with Gasteiger partial charge in [0.05, 0.1) is 0 Å². The van der Waals surface area contributed by atoms with E-state index in [1.54, 1.807) is 0 Å². The van der Waals surface area contributed by atoms with Gasteiger partial charge < -0.3 is 10.2 Å². The Kier molecular flexibility index (Phi) is 8.01. The van der Waals surface area contributed by atoms with E-state index < -0.39 is 0 Å². The molecule has 1 aliphatic rings. The number of nitrogens with one attached hydrogen (secondary N) is 1. The molecule has 0 aromatic rings. The minimum Gasteiger partial charge on any atom is -0.313 e. The first-order valence-corrected chi connectivity index (χ1v) is 8.43. The molecule has 114 valence electrons. The Bertz CT molecular complexity index is 207. The third-order valence-electron chi connectivity index (χ3n) is 4.12. The van der Waals surface area contributed by atoms with E-state index in [9.17, 15) is 0 Å². The second-order valence-corrected chi connectivity index (χ2v) is 7.46. The number of nitrogens with zero attached hydrogens (tertiary/aromatic N) is 1. The van der Waals surface area contributed by atoms with Crippen LogP contribution >= 0.6 is 0 Å². The van der Waals surface area contributed by atoms with Crippen molar-refractivity contribution in [3.8, 4) is 0 Å². The van der Waals surface area contributed by atoms with E-state index in [4.69, 9.17) is 0 Å². The predicted octanol–water partition coefficient (Wildman–Crippen LogP) is 3.77. The van der Waals surface area contributed by atoms with Gasteiger partial charge in [-0.2, -0.15) is 0 Å². The van der Waals surface area contributed by atoms with E-state index in [0.717, 1.165) is 23.8 Å². The fourth-order valence-electron chi connectivity index (χ4n) is 3.18. The van der Waals surface area contributed by atoms with Gasteiger partial charge in [-0.05, 0) is 43.4 Å². The third kappa shape index (κ3) is 7.94. The minimum atomic E-state index is 0.772. The lowest BCUT2D eigenvalue weighted by molar-refractivity contribution is 0.211. The highest BCUT2D eigenvalue weighted by atomic mass is 15.1. The fraction of sp³-hybridized carbons (Fsp3) is 1.00. The van der Waals surface area contributed by atoms with Crippen LogP contribution in [-0.2, 0) is 0 Å². The van der Waals surface area contributed by atoms with Gasteiger partial charge >= 0.3 is 0 Å². The standard InChI is InChI=1S/C17H36N2/c1-14(2)12-19(13-15(3)4)11-10-18-17-8-6-16(5)7-9-17/h14-18H,6-13H2,1-5H3. The van der Waals surface area contributed by atoms with Gasteiger partial charge in [0.15, 0.2) is 0 Å². The van der Waals surface area contributed by atoms with Crippen LogP contribution < -0.4 is 5.32 Å². The Hall–Kier alpha value is -0.0800. The second-order valence-electron chi connectivity index (χ2n) is 7.46. The normalized spacial score (nSPS) is 24.6. The molecule has 2 nitrogen and oxygen atoms in total. The molecular formula is C17H36N2. The summed E-state index contributed by atoms with van der Waals surface area (Å²) in [6.45, 7) is 16.5. The zero-order valence-electron chi connectivity index (χ0n) is 13.9. The van der Waals surface area contributed by atoms with Crippen LogP contribution in [0.5, 0.6) is 0 Å². The summed E-state index contributed by atoms with van der Waals surface area (Å²) in [4.78, 5) is 2.63. The smallest absolute Gasteiger partial charge is 0.0107 e. The first-order valence-electron chi connectivity index (χ1n) is 8.43.